The second-order valence-electron chi connectivity index (χ2n) is 18.2. The molecule has 0 saturated carbocycles. The Morgan fingerprint density at radius 1 is 0.322 bits per heavy atom. The molecule has 0 unspecified atom stereocenters. The highest BCUT2D eigenvalue weighted by molar-refractivity contribution is 6.20. The highest BCUT2D eigenvalue weighted by Gasteiger charge is 2.59. The fourth-order valence-corrected chi connectivity index (χ4v) is 11.0. The van der Waals surface area contributed by atoms with Gasteiger partial charge in [0.1, 0.15) is 0 Å². The number of anilines is 6. The van der Waals surface area contributed by atoms with Crippen LogP contribution in [0.1, 0.15) is 52.7 Å². The summed E-state index contributed by atoms with van der Waals surface area (Å²) in [6.45, 7) is 14.8. The lowest BCUT2D eigenvalue weighted by atomic mass is 9.49. The normalized spacial score (nSPS) is 13.4. The van der Waals surface area contributed by atoms with Gasteiger partial charge in [-0.15, -0.1) is 0 Å². The van der Waals surface area contributed by atoms with E-state index >= 15 is 0 Å². The summed E-state index contributed by atoms with van der Waals surface area (Å²) in [6.07, 6.45) is 0. The van der Waals surface area contributed by atoms with Crippen molar-refractivity contribution in [1.82, 2.24) is 0 Å². The zero-order valence-corrected chi connectivity index (χ0v) is 34.9. The van der Waals surface area contributed by atoms with Crippen LogP contribution in [0, 0.1) is 10.8 Å². The van der Waals surface area contributed by atoms with Gasteiger partial charge in [-0.3, -0.25) is 0 Å². The maximum atomic E-state index is 2.47. The lowest BCUT2D eigenvalue weighted by Crippen LogP contribution is -2.50. The first-order valence-corrected chi connectivity index (χ1v) is 20.9. The Kier molecular flexibility index (Phi) is 8.54. The molecule has 0 aromatic heterocycles. The van der Waals surface area contributed by atoms with Crippen molar-refractivity contribution in [1.29, 1.82) is 0 Å². The van der Waals surface area contributed by atoms with Gasteiger partial charge in [0.15, 0.2) is 0 Å². The largest absolute Gasteiger partial charge is 0.310 e. The Hall–Kier alpha value is -6.64. The Morgan fingerprint density at radius 2 is 0.746 bits per heavy atom. The van der Waals surface area contributed by atoms with Gasteiger partial charge in [-0.1, -0.05) is 163 Å². The third-order valence-electron chi connectivity index (χ3n) is 12.9. The first-order valence-electron chi connectivity index (χ1n) is 20.9. The first-order chi connectivity index (χ1) is 28.6. The summed E-state index contributed by atoms with van der Waals surface area (Å²) >= 11 is 0. The van der Waals surface area contributed by atoms with Crippen LogP contribution in [0.2, 0.25) is 0 Å². The maximum Gasteiger partial charge on any atom is 0.0468 e. The summed E-state index contributed by atoms with van der Waals surface area (Å²) in [4.78, 5) is 4.76. The highest BCUT2D eigenvalue weighted by Crippen LogP contribution is 2.68. The Balaban J connectivity index is 1.27. The lowest BCUT2D eigenvalue weighted by Gasteiger charge is -2.54. The highest BCUT2D eigenvalue weighted by atomic mass is 15.1. The molecule has 0 fully saturated rings. The van der Waals surface area contributed by atoms with Crippen molar-refractivity contribution in [2.24, 2.45) is 10.8 Å². The van der Waals surface area contributed by atoms with Crippen molar-refractivity contribution in [3.05, 3.63) is 205 Å². The molecule has 0 bridgehead atoms. The average molecular weight is 763 g/mol. The molecular formula is C57H50N2. The van der Waals surface area contributed by atoms with Crippen LogP contribution < -0.4 is 9.80 Å². The van der Waals surface area contributed by atoms with E-state index in [9.17, 15) is 0 Å². The Bertz CT molecular complexity index is 2900. The van der Waals surface area contributed by atoms with Gasteiger partial charge in [0.2, 0.25) is 0 Å². The SMILES string of the molecule is CC(C)(C)C1(C(C)(C)C)c2c(ccc3cc(N(c4ccccc4)c4ccccc4)ccc23)-c2c1c1ccc(N(c3ccccc3)c3ccccc3)cc1c1ccccc21. The Labute approximate surface area is 349 Å². The zero-order chi connectivity index (χ0) is 40.5. The van der Waals surface area contributed by atoms with Crippen LogP contribution in [-0.4, -0.2) is 0 Å². The van der Waals surface area contributed by atoms with Crippen LogP contribution >= 0.6 is 0 Å². The minimum atomic E-state index is -0.355. The molecule has 0 N–H and O–H groups in total. The van der Waals surface area contributed by atoms with Gasteiger partial charge in [0.25, 0.3) is 0 Å². The van der Waals surface area contributed by atoms with Crippen molar-refractivity contribution in [2.45, 2.75) is 47.0 Å². The van der Waals surface area contributed by atoms with Gasteiger partial charge in [-0.05, 0) is 138 Å². The van der Waals surface area contributed by atoms with E-state index in [1.54, 1.807) is 0 Å². The van der Waals surface area contributed by atoms with E-state index in [0.717, 1.165) is 34.1 Å². The summed E-state index contributed by atoms with van der Waals surface area (Å²) in [5.74, 6) is 0. The van der Waals surface area contributed by atoms with Crippen LogP contribution in [0.15, 0.2) is 194 Å². The molecule has 0 heterocycles. The molecule has 288 valence electrons. The molecule has 10 rings (SSSR count). The number of hydrogen-bond acceptors (Lipinski definition) is 2. The topological polar surface area (TPSA) is 6.48 Å². The molecule has 0 aliphatic heterocycles. The van der Waals surface area contributed by atoms with Crippen LogP contribution in [0.5, 0.6) is 0 Å². The monoisotopic (exact) mass is 762 g/mol. The van der Waals surface area contributed by atoms with E-state index in [0.29, 0.717) is 0 Å². The van der Waals surface area contributed by atoms with E-state index in [-0.39, 0.29) is 16.2 Å². The molecule has 0 amide bonds. The molecule has 59 heavy (non-hydrogen) atoms. The predicted molar refractivity (Wildman–Crippen MR) is 253 cm³/mol. The van der Waals surface area contributed by atoms with Crippen molar-refractivity contribution in [3.8, 4) is 11.1 Å². The van der Waals surface area contributed by atoms with Crippen molar-refractivity contribution >= 4 is 66.4 Å². The maximum absolute atomic E-state index is 2.47. The average Bonchev–Trinajstić information content (AvgIpc) is 3.60. The molecule has 2 heteroatoms. The smallest absolute Gasteiger partial charge is 0.0468 e. The second kappa shape index (κ2) is 13.7. The van der Waals surface area contributed by atoms with E-state index in [1.165, 1.54) is 54.6 Å². The number of rotatable bonds is 6. The Morgan fingerprint density at radius 3 is 1.22 bits per heavy atom. The van der Waals surface area contributed by atoms with Crippen LogP contribution in [0.4, 0.5) is 34.1 Å². The molecule has 0 spiro atoms. The molecule has 2 nitrogen and oxygen atoms in total. The number of nitrogens with zero attached hydrogens (tertiary/aromatic N) is 2. The van der Waals surface area contributed by atoms with E-state index in [1.807, 2.05) is 0 Å². The van der Waals surface area contributed by atoms with Gasteiger partial charge in [-0.2, -0.15) is 0 Å². The number of fused-ring (bicyclic) bond motifs is 10. The molecule has 0 radical (unpaired) electrons. The van der Waals surface area contributed by atoms with Gasteiger partial charge >= 0.3 is 0 Å². The standard InChI is InChI=1S/C57H50N2/c1-55(2,3)57(56(4,5)6)53-46-35-32-44(58(40-21-11-7-12-22-40)41-23-13-8-14-24-41)37-39(46)31-34-50(53)52-48-30-20-19-29-47(48)51-38-45(33-36-49(51)54(52)57)59(42-25-15-9-16-26-42)43-27-17-10-18-28-43/h7-38H,1-6H3. The summed E-state index contributed by atoms with van der Waals surface area (Å²) in [6, 6.07) is 71.3. The van der Waals surface area contributed by atoms with E-state index < -0.39 is 0 Å². The van der Waals surface area contributed by atoms with Crippen LogP contribution in [0.25, 0.3) is 43.4 Å². The lowest BCUT2D eigenvalue weighted by molar-refractivity contribution is 0.0977. The second-order valence-corrected chi connectivity index (χ2v) is 18.2. The summed E-state index contributed by atoms with van der Waals surface area (Å²) in [7, 11) is 0. The predicted octanol–water partition coefficient (Wildman–Crippen LogP) is 16.4. The molecule has 0 atom stereocenters. The van der Waals surface area contributed by atoms with Crippen molar-refractivity contribution in [2.75, 3.05) is 9.80 Å². The molecular weight excluding hydrogens is 713 g/mol. The fourth-order valence-electron chi connectivity index (χ4n) is 11.0. The summed E-state index contributed by atoms with van der Waals surface area (Å²) in [5.41, 5.74) is 11.8. The zero-order valence-electron chi connectivity index (χ0n) is 34.9. The van der Waals surface area contributed by atoms with Gasteiger partial charge < -0.3 is 9.80 Å². The third kappa shape index (κ3) is 5.61. The van der Waals surface area contributed by atoms with Crippen LogP contribution in [-0.2, 0) is 5.41 Å². The molecule has 1 aliphatic rings. The third-order valence-corrected chi connectivity index (χ3v) is 12.9. The molecule has 1 aliphatic carbocycles. The van der Waals surface area contributed by atoms with Gasteiger partial charge in [0.05, 0.1) is 0 Å². The molecule has 9 aromatic carbocycles. The molecule has 0 saturated heterocycles. The minimum Gasteiger partial charge on any atom is -0.310 e. The van der Waals surface area contributed by atoms with Crippen molar-refractivity contribution in [3.63, 3.8) is 0 Å². The number of hydrogen-bond donors (Lipinski definition) is 0. The number of para-hydroxylation sites is 4. The van der Waals surface area contributed by atoms with Gasteiger partial charge in [-0.25, -0.2) is 0 Å². The molecule has 9 aromatic rings. The first kappa shape index (κ1) is 36.7. The number of benzene rings is 9. The van der Waals surface area contributed by atoms with E-state index in [4.69, 9.17) is 0 Å². The van der Waals surface area contributed by atoms with E-state index in [2.05, 4.69) is 245 Å². The van der Waals surface area contributed by atoms with Crippen molar-refractivity contribution < 1.29 is 0 Å². The van der Waals surface area contributed by atoms with Crippen LogP contribution in [0.3, 0.4) is 0 Å². The quantitative estimate of drug-likeness (QED) is 0.156. The summed E-state index contributed by atoms with van der Waals surface area (Å²) in [5, 5.41) is 7.78. The summed E-state index contributed by atoms with van der Waals surface area (Å²) < 4.78 is 0. The minimum absolute atomic E-state index is 0.160. The van der Waals surface area contributed by atoms with Gasteiger partial charge in [0, 0.05) is 39.5 Å². The fraction of sp³-hybridized carbons (Fsp3) is 0.158.